The van der Waals surface area contributed by atoms with Gasteiger partial charge in [-0.15, -0.1) is 11.3 Å². The Kier molecular flexibility index (Phi) is 5.57. The fourth-order valence-corrected chi connectivity index (χ4v) is 3.02. The number of ether oxygens (including phenoxy) is 1. The van der Waals surface area contributed by atoms with Crippen molar-refractivity contribution in [1.29, 1.82) is 0 Å². The number of thiophene rings is 1. The van der Waals surface area contributed by atoms with E-state index in [1.54, 1.807) is 23.3 Å². The van der Waals surface area contributed by atoms with Crippen LogP contribution in [0.5, 0.6) is 0 Å². The van der Waals surface area contributed by atoms with Crippen molar-refractivity contribution < 1.29 is 18.4 Å². The third-order valence-corrected chi connectivity index (χ3v) is 4.50. The topological polar surface area (TPSA) is 55.6 Å². The molecule has 0 aliphatic carbocycles. The van der Waals surface area contributed by atoms with Crippen molar-refractivity contribution in [1.82, 2.24) is 10.1 Å². The lowest BCUT2D eigenvalue weighted by Crippen LogP contribution is -2.33. The van der Waals surface area contributed by atoms with Gasteiger partial charge in [-0.1, -0.05) is 11.2 Å². The van der Waals surface area contributed by atoms with Crippen LogP contribution in [0.3, 0.4) is 0 Å². The molecule has 0 fully saturated rings. The zero-order valence-electron chi connectivity index (χ0n) is 13.6. The predicted octanol–water partition coefficient (Wildman–Crippen LogP) is 3.83. The van der Waals surface area contributed by atoms with Gasteiger partial charge in [0.1, 0.15) is 11.5 Å². The Labute approximate surface area is 148 Å². The SMILES string of the molecule is COCCN(Cc1cc(-c2cccs2)on1)C(=O)c1ccc(F)cc1. The molecule has 0 unspecified atom stereocenters. The number of carbonyl (C=O) groups is 1. The highest BCUT2D eigenvalue weighted by atomic mass is 32.1. The summed E-state index contributed by atoms with van der Waals surface area (Å²) in [7, 11) is 1.57. The summed E-state index contributed by atoms with van der Waals surface area (Å²) in [6.07, 6.45) is 0. The van der Waals surface area contributed by atoms with E-state index in [1.807, 2.05) is 23.6 Å². The third-order valence-electron chi connectivity index (χ3n) is 3.62. The summed E-state index contributed by atoms with van der Waals surface area (Å²) in [5.74, 6) is 0.0840. The lowest BCUT2D eigenvalue weighted by molar-refractivity contribution is 0.0676. The fraction of sp³-hybridized carbons (Fsp3) is 0.222. The molecule has 0 bridgehead atoms. The molecule has 2 aromatic heterocycles. The molecule has 7 heteroatoms. The molecule has 0 atom stereocenters. The van der Waals surface area contributed by atoms with Crippen LogP contribution in [0.2, 0.25) is 0 Å². The van der Waals surface area contributed by atoms with Gasteiger partial charge in [0.05, 0.1) is 18.0 Å². The Morgan fingerprint density at radius 1 is 1.32 bits per heavy atom. The number of benzene rings is 1. The van der Waals surface area contributed by atoms with Gasteiger partial charge in [-0.3, -0.25) is 4.79 Å². The number of hydrogen-bond acceptors (Lipinski definition) is 5. The van der Waals surface area contributed by atoms with Crippen LogP contribution in [0, 0.1) is 5.82 Å². The highest BCUT2D eigenvalue weighted by molar-refractivity contribution is 7.13. The van der Waals surface area contributed by atoms with Gasteiger partial charge in [-0.05, 0) is 35.7 Å². The van der Waals surface area contributed by atoms with E-state index in [-0.39, 0.29) is 18.3 Å². The quantitative estimate of drug-likeness (QED) is 0.643. The molecule has 3 aromatic rings. The number of aromatic nitrogens is 1. The first-order valence-electron chi connectivity index (χ1n) is 7.70. The normalized spacial score (nSPS) is 10.8. The molecule has 0 radical (unpaired) electrons. The Hall–Kier alpha value is -2.51. The van der Waals surface area contributed by atoms with Crippen LogP contribution in [-0.2, 0) is 11.3 Å². The fourth-order valence-electron chi connectivity index (χ4n) is 2.35. The zero-order valence-corrected chi connectivity index (χ0v) is 14.5. The molecule has 5 nitrogen and oxygen atoms in total. The van der Waals surface area contributed by atoms with Crippen LogP contribution in [0.25, 0.3) is 10.6 Å². The van der Waals surface area contributed by atoms with Crippen molar-refractivity contribution in [3.05, 3.63) is 64.9 Å². The smallest absolute Gasteiger partial charge is 0.254 e. The number of methoxy groups -OCH3 is 1. The summed E-state index contributed by atoms with van der Waals surface area (Å²) in [6, 6.07) is 11.2. The third kappa shape index (κ3) is 4.32. The van der Waals surface area contributed by atoms with Crippen LogP contribution in [-0.4, -0.2) is 36.2 Å². The number of carbonyl (C=O) groups excluding carboxylic acids is 1. The second kappa shape index (κ2) is 8.04. The molecule has 130 valence electrons. The summed E-state index contributed by atoms with van der Waals surface area (Å²) in [5, 5.41) is 6.01. The average molecular weight is 360 g/mol. The largest absolute Gasteiger partial charge is 0.383 e. The molecule has 0 saturated carbocycles. The minimum Gasteiger partial charge on any atom is -0.383 e. The van der Waals surface area contributed by atoms with Crippen LogP contribution >= 0.6 is 11.3 Å². The molecule has 3 rings (SSSR count). The van der Waals surface area contributed by atoms with E-state index >= 15 is 0 Å². The van der Waals surface area contributed by atoms with Gasteiger partial charge in [0, 0.05) is 25.3 Å². The number of halogens is 1. The molecule has 1 aromatic carbocycles. The van der Waals surface area contributed by atoms with E-state index in [9.17, 15) is 9.18 Å². The minimum atomic E-state index is -0.378. The van der Waals surface area contributed by atoms with Crippen LogP contribution in [0.1, 0.15) is 16.1 Å². The summed E-state index contributed by atoms with van der Waals surface area (Å²) in [6.45, 7) is 1.07. The number of rotatable bonds is 7. The van der Waals surface area contributed by atoms with Crippen molar-refractivity contribution in [2.75, 3.05) is 20.3 Å². The molecular weight excluding hydrogens is 343 g/mol. The van der Waals surface area contributed by atoms with Crippen molar-refractivity contribution in [2.45, 2.75) is 6.54 Å². The van der Waals surface area contributed by atoms with E-state index in [2.05, 4.69) is 5.16 Å². The van der Waals surface area contributed by atoms with E-state index in [4.69, 9.17) is 9.26 Å². The Balaban J connectivity index is 1.76. The molecule has 0 aliphatic heterocycles. The second-order valence-electron chi connectivity index (χ2n) is 5.39. The van der Waals surface area contributed by atoms with E-state index < -0.39 is 0 Å². The maximum atomic E-state index is 13.1. The van der Waals surface area contributed by atoms with Gasteiger partial charge >= 0.3 is 0 Å². The maximum absolute atomic E-state index is 13.1. The van der Waals surface area contributed by atoms with Crippen LogP contribution < -0.4 is 0 Å². The van der Waals surface area contributed by atoms with Crippen LogP contribution in [0.15, 0.2) is 52.4 Å². The minimum absolute atomic E-state index is 0.210. The molecule has 2 heterocycles. The molecule has 0 spiro atoms. The van der Waals surface area contributed by atoms with E-state index in [0.717, 1.165) is 4.88 Å². The van der Waals surface area contributed by atoms with Gasteiger partial charge < -0.3 is 14.2 Å². The molecule has 0 saturated heterocycles. The van der Waals surface area contributed by atoms with E-state index in [0.29, 0.717) is 30.2 Å². The Bertz CT molecular complexity index is 815. The first-order valence-corrected chi connectivity index (χ1v) is 8.58. The van der Waals surface area contributed by atoms with Gasteiger partial charge in [-0.25, -0.2) is 4.39 Å². The van der Waals surface area contributed by atoms with Crippen LogP contribution in [0.4, 0.5) is 4.39 Å². The molecule has 0 aliphatic rings. The van der Waals surface area contributed by atoms with Gasteiger partial charge in [-0.2, -0.15) is 0 Å². The summed E-state index contributed by atoms with van der Waals surface area (Å²) < 4.78 is 23.5. The summed E-state index contributed by atoms with van der Waals surface area (Å²) in [5.41, 5.74) is 1.06. The standard InChI is InChI=1S/C18H17FN2O3S/c1-23-9-8-21(18(22)13-4-6-14(19)7-5-13)12-15-11-16(24-20-15)17-3-2-10-25-17/h2-7,10-11H,8-9,12H2,1H3. The molecule has 0 N–H and O–H groups in total. The van der Waals surface area contributed by atoms with Crippen molar-refractivity contribution >= 4 is 17.2 Å². The first kappa shape index (κ1) is 17.3. The highest BCUT2D eigenvalue weighted by Crippen LogP contribution is 2.25. The first-order chi connectivity index (χ1) is 12.2. The highest BCUT2D eigenvalue weighted by Gasteiger charge is 2.18. The Morgan fingerprint density at radius 2 is 2.12 bits per heavy atom. The monoisotopic (exact) mass is 360 g/mol. The molecule has 25 heavy (non-hydrogen) atoms. The van der Waals surface area contributed by atoms with Gasteiger partial charge in [0.2, 0.25) is 0 Å². The Morgan fingerprint density at radius 3 is 2.80 bits per heavy atom. The average Bonchev–Trinajstić information content (AvgIpc) is 3.30. The predicted molar refractivity (Wildman–Crippen MR) is 92.8 cm³/mol. The number of hydrogen-bond donors (Lipinski definition) is 0. The van der Waals surface area contributed by atoms with Gasteiger partial charge in [0.15, 0.2) is 5.76 Å². The number of nitrogens with zero attached hydrogens (tertiary/aromatic N) is 2. The van der Waals surface area contributed by atoms with Crippen molar-refractivity contribution in [3.63, 3.8) is 0 Å². The maximum Gasteiger partial charge on any atom is 0.254 e. The summed E-state index contributed by atoms with van der Waals surface area (Å²) >= 11 is 1.56. The zero-order chi connectivity index (χ0) is 17.6. The van der Waals surface area contributed by atoms with E-state index in [1.165, 1.54) is 24.3 Å². The summed E-state index contributed by atoms with van der Waals surface area (Å²) in [4.78, 5) is 15.3. The van der Waals surface area contributed by atoms with Gasteiger partial charge in [0.25, 0.3) is 5.91 Å². The molecule has 1 amide bonds. The second-order valence-corrected chi connectivity index (χ2v) is 6.33. The number of amides is 1. The lowest BCUT2D eigenvalue weighted by atomic mass is 10.2. The molecular formula is C18H17FN2O3S. The van der Waals surface area contributed by atoms with Crippen molar-refractivity contribution in [2.24, 2.45) is 0 Å². The lowest BCUT2D eigenvalue weighted by Gasteiger charge is -2.21. The van der Waals surface area contributed by atoms with Crippen molar-refractivity contribution in [3.8, 4) is 10.6 Å².